The Morgan fingerprint density at radius 2 is 1.79 bits per heavy atom. The van der Waals surface area contributed by atoms with Crippen molar-refractivity contribution in [3.8, 4) is 0 Å². The van der Waals surface area contributed by atoms with Crippen molar-refractivity contribution >= 4 is 0 Å². The molecule has 3 atom stereocenters. The van der Waals surface area contributed by atoms with Crippen molar-refractivity contribution < 1.29 is 9.47 Å². The van der Waals surface area contributed by atoms with Crippen molar-refractivity contribution in [2.45, 2.75) is 25.2 Å². The number of rotatable bonds is 5. The van der Waals surface area contributed by atoms with E-state index in [1.54, 1.807) is 14.2 Å². The summed E-state index contributed by atoms with van der Waals surface area (Å²) in [5.41, 5.74) is 0. The van der Waals surface area contributed by atoms with Crippen molar-refractivity contribution in [2.75, 3.05) is 40.9 Å². The van der Waals surface area contributed by atoms with Gasteiger partial charge in [-0.05, 0) is 14.0 Å². The van der Waals surface area contributed by atoms with E-state index in [0.29, 0.717) is 6.04 Å². The van der Waals surface area contributed by atoms with E-state index >= 15 is 0 Å². The Balaban J connectivity index is 2.43. The highest BCUT2D eigenvalue weighted by Gasteiger charge is 2.34. The average Bonchev–Trinajstić information content (AvgIpc) is 2.61. The molecule has 0 spiro atoms. The molecule has 14 heavy (non-hydrogen) atoms. The van der Waals surface area contributed by atoms with Gasteiger partial charge in [0.2, 0.25) is 0 Å². The number of nitrogens with one attached hydrogen (secondary N) is 1. The van der Waals surface area contributed by atoms with Crippen LogP contribution in [0.4, 0.5) is 0 Å². The van der Waals surface area contributed by atoms with Crippen molar-refractivity contribution in [1.29, 1.82) is 0 Å². The fraction of sp³-hybridized carbons (Fsp3) is 1.00. The molecule has 1 aliphatic rings. The highest BCUT2D eigenvalue weighted by atomic mass is 16.5. The van der Waals surface area contributed by atoms with E-state index in [2.05, 4.69) is 17.1 Å². The van der Waals surface area contributed by atoms with Crippen LogP contribution in [-0.2, 0) is 9.47 Å². The van der Waals surface area contributed by atoms with Crippen LogP contribution in [0.5, 0.6) is 0 Å². The summed E-state index contributed by atoms with van der Waals surface area (Å²) in [6.07, 6.45) is 0.443. The molecule has 4 nitrogen and oxygen atoms in total. The first-order valence-electron chi connectivity index (χ1n) is 5.17. The second-order valence-corrected chi connectivity index (χ2v) is 3.91. The van der Waals surface area contributed by atoms with Gasteiger partial charge in [-0.2, -0.15) is 0 Å². The van der Waals surface area contributed by atoms with Gasteiger partial charge in [0.1, 0.15) is 0 Å². The molecule has 0 aromatic rings. The summed E-state index contributed by atoms with van der Waals surface area (Å²) in [5, 5.41) is 3.19. The summed E-state index contributed by atoms with van der Waals surface area (Å²) in [4.78, 5) is 2.40. The van der Waals surface area contributed by atoms with Gasteiger partial charge >= 0.3 is 0 Å². The van der Waals surface area contributed by atoms with Crippen molar-refractivity contribution in [1.82, 2.24) is 10.2 Å². The molecule has 1 fully saturated rings. The van der Waals surface area contributed by atoms with E-state index < -0.39 is 0 Å². The van der Waals surface area contributed by atoms with Gasteiger partial charge in [0.05, 0.1) is 12.2 Å². The van der Waals surface area contributed by atoms with Gasteiger partial charge in [-0.25, -0.2) is 0 Å². The molecule has 0 aromatic heterocycles. The van der Waals surface area contributed by atoms with E-state index in [-0.39, 0.29) is 12.2 Å². The lowest BCUT2D eigenvalue weighted by Gasteiger charge is -2.23. The van der Waals surface area contributed by atoms with Gasteiger partial charge in [0.15, 0.2) is 0 Å². The van der Waals surface area contributed by atoms with Crippen LogP contribution in [0.1, 0.15) is 6.92 Å². The van der Waals surface area contributed by atoms with Crippen LogP contribution < -0.4 is 5.32 Å². The summed E-state index contributed by atoms with van der Waals surface area (Å²) < 4.78 is 10.8. The molecule has 0 radical (unpaired) electrons. The number of hydrogen-bond acceptors (Lipinski definition) is 4. The first-order chi connectivity index (χ1) is 6.72. The van der Waals surface area contributed by atoms with Crippen LogP contribution >= 0.6 is 0 Å². The fourth-order valence-corrected chi connectivity index (χ4v) is 2.01. The molecule has 1 saturated heterocycles. The SMILES string of the molecule is CNCC(C)N1CC(OC)C(OC)C1. The summed E-state index contributed by atoms with van der Waals surface area (Å²) in [7, 11) is 5.49. The minimum atomic E-state index is 0.222. The van der Waals surface area contributed by atoms with Gasteiger partial charge in [0.25, 0.3) is 0 Å². The maximum absolute atomic E-state index is 5.39. The Kier molecular flexibility index (Phi) is 4.81. The minimum Gasteiger partial charge on any atom is -0.377 e. The van der Waals surface area contributed by atoms with Gasteiger partial charge < -0.3 is 14.8 Å². The number of likely N-dealkylation sites (tertiary alicyclic amines) is 1. The maximum atomic E-state index is 5.39. The van der Waals surface area contributed by atoms with Gasteiger partial charge in [0, 0.05) is 39.9 Å². The second kappa shape index (κ2) is 5.66. The van der Waals surface area contributed by atoms with Crippen molar-refractivity contribution in [2.24, 2.45) is 0 Å². The monoisotopic (exact) mass is 202 g/mol. The lowest BCUT2D eigenvalue weighted by Crippen LogP contribution is -2.38. The molecule has 0 amide bonds. The summed E-state index contributed by atoms with van der Waals surface area (Å²) in [6, 6.07) is 0.540. The molecule has 3 unspecified atom stereocenters. The predicted octanol–water partition coefficient (Wildman–Crippen LogP) is -0.0601. The van der Waals surface area contributed by atoms with Crippen LogP contribution in [0, 0.1) is 0 Å². The highest BCUT2D eigenvalue weighted by molar-refractivity contribution is 4.88. The third kappa shape index (κ3) is 2.67. The third-order valence-corrected chi connectivity index (χ3v) is 2.97. The smallest absolute Gasteiger partial charge is 0.0971 e. The van der Waals surface area contributed by atoms with E-state index in [0.717, 1.165) is 19.6 Å². The normalized spacial score (nSPS) is 30.9. The number of ether oxygens (including phenoxy) is 2. The second-order valence-electron chi connectivity index (χ2n) is 3.91. The van der Waals surface area contributed by atoms with Crippen LogP contribution in [0.2, 0.25) is 0 Å². The van der Waals surface area contributed by atoms with Gasteiger partial charge in [-0.15, -0.1) is 0 Å². The minimum absolute atomic E-state index is 0.222. The Labute approximate surface area is 86.6 Å². The van der Waals surface area contributed by atoms with Crippen LogP contribution in [0.15, 0.2) is 0 Å². The molecule has 1 aliphatic heterocycles. The summed E-state index contributed by atoms with van der Waals surface area (Å²) >= 11 is 0. The standard InChI is InChI=1S/C10H22N2O2/c1-8(5-11-2)12-6-9(13-3)10(7-12)14-4/h8-11H,5-7H2,1-4H3. The van der Waals surface area contributed by atoms with E-state index in [4.69, 9.17) is 9.47 Å². The van der Waals surface area contributed by atoms with Crippen molar-refractivity contribution in [3.63, 3.8) is 0 Å². The zero-order valence-electron chi connectivity index (χ0n) is 9.62. The van der Waals surface area contributed by atoms with Gasteiger partial charge in [-0.1, -0.05) is 0 Å². The number of nitrogens with zero attached hydrogens (tertiary/aromatic N) is 1. The van der Waals surface area contributed by atoms with E-state index in [1.807, 2.05) is 7.05 Å². The molecule has 4 heteroatoms. The van der Waals surface area contributed by atoms with Gasteiger partial charge in [-0.3, -0.25) is 4.90 Å². The third-order valence-electron chi connectivity index (χ3n) is 2.97. The first kappa shape index (κ1) is 11.9. The van der Waals surface area contributed by atoms with E-state index in [9.17, 15) is 0 Å². The molecule has 84 valence electrons. The molecule has 1 N–H and O–H groups in total. The largest absolute Gasteiger partial charge is 0.377 e. The number of hydrogen-bond donors (Lipinski definition) is 1. The molecule has 0 saturated carbocycles. The average molecular weight is 202 g/mol. The Morgan fingerprint density at radius 3 is 2.14 bits per heavy atom. The zero-order chi connectivity index (χ0) is 10.6. The molecule has 0 aliphatic carbocycles. The molecular weight excluding hydrogens is 180 g/mol. The van der Waals surface area contributed by atoms with Crippen molar-refractivity contribution in [3.05, 3.63) is 0 Å². The highest BCUT2D eigenvalue weighted by Crippen LogP contribution is 2.17. The molecule has 0 aromatic carbocycles. The lowest BCUT2D eigenvalue weighted by atomic mass is 10.3. The Bertz CT molecular complexity index is 154. The molecule has 1 rings (SSSR count). The van der Waals surface area contributed by atoms with Crippen LogP contribution in [-0.4, -0.2) is 64.1 Å². The maximum Gasteiger partial charge on any atom is 0.0971 e. The first-order valence-corrected chi connectivity index (χ1v) is 5.17. The summed E-state index contributed by atoms with van der Waals surface area (Å²) in [6.45, 7) is 5.17. The molecular formula is C10H22N2O2. The Hall–Kier alpha value is -0.160. The lowest BCUT2D eigenvalue weighted by molar-refractivity contribution is -0.00461. The molecule has 0 bridgehead atoms. The summed E-state index contributed by atoms with van der Waals surface area (Å²) in [5.74, 6) is 0. The predicted molar refractivity (Wildman–Crippen MR) is 56.6 cm³/mol. The van der Waals surface area contributed by atoms with Crippen LogP contribution in [0.3, 0.4) is 0 Å². The topological polar surface area (TPSA) is 33.7 Å². The quantitative estimate of drug-likeness (QED) is 0.677. The molecule has 1 heterocycles. The number of methoxy groups -OCH3 is 2. The number of likely N-dealkylation sites (N-methyl/N-ethyl adjacent to an activating group) is 1. The van der Waals surface area contributed by atoms with Crippen LogP contribution in [0.25, 0.3) is 0 Å². The van der Waals surface area contributed by atoms with E-state index in [1.165, 1.54) is 0 Å². The Morgan fingerprint density at radius 1 is 1.29 bits per heavy atom. The fourth-order valence-electron chi connectivity index (χ4n) is 2.01. The zero-order valence-corrected chi connectivity index (χ0v) is 9.62.